The molecule has 4 rings (SSSR count). The third-order valence-electron chi connectivity index (χ3n) is 4.28. The minimum Gasteiger partial charge on any atom is -0.378 e. The second-order valence-corrected chi connectivity index (χ2v) is 6.17. The quantitative estimate of drug-likeness (QED) is 0.714. The van der Waals surface area contributed by atoms with Crippen LogP contribution in [0.15, 0.2) is 60.9 Å². The number of para-hydroxylation sites is 2. The third kappa shape index (κ3) is 4.32. The number of halogens is 1. The number of nitrogens with zero attached hydrogens (tertiary/aromatic N) is 3. The smallest absolute Gasteiger partial charge is 0.135 e. The summed E-state index contributed by atoms with van der Waals surface area (Å²) >= 11 is 0. The fourth-order valence-corrected chi connectivity index (χ4v) is 3.01. The average Bonchev–Trinajstić information content (AvgIpc) is 2.69. The van der Waals surface area contributed by atoms with Gasteiger partial charge in [-0.1, -0.05) is 18.2 Å². The van der Waals surface area contributed by atoms with Gasteiger partial charge in [-0.3, -0.25) is 0 Å². The van der Waals surface area contributed by atoms with Crippen LogP contribution in [-0.4, -0.2) is 36.3 Å². The van der Waals surface area contributed by atoms with Gasteiger partial charge in [0.05, 0.1) is 24.6 Å². The van der Waals surface area contributed by atoms with Gasteiger partial charge in [0.2, 0.25) is 0 Å². The monoisotopic (exact) mass is 365 g/mol. The molecule has 138 valence electrons. The first kappa shape index (κ1) is 17.2. The van der Waals surface area contributed by atoms with Gasteiger partial charge in [-0.05, 0) is 30.3 Å². The number of nitrogens with one attached hydrogen (secondary N) is 2. The lowest BCUT2D eigenvalue weighted by Gasteiger charge is -2.30. The maximum atomic E-state index is 13.4. The molecule has 1 fully saturated rings. The van der Waals surface area contributed by atoms with Gasteiger partial charge >= 0.3 is 0 Å². The molecule has 0 unspecified atom stereocenters. The zero-order chi connectivity index (χ0) is 18.5. The zero-order valence-corrected chi connectivity index (χ0v) is 14.7. The van der Waals surface area contributed by atoms with Gasteiger partial charge < -0.3 is 20.3 Å². The Balaban J connectivity index is 1.53. The SMILES string of the molecule is Fc1cccc(Nc2cc(Nc3ccccc3N3CCOCC3)ncn2)c1. The topological polar surface area (TPSA) is 62.3 Å². The van der Waals surface area contributed by atoms with Gasteiger partial charge in [0, 0.05) is 24.8 Å². The minimum atomic E-state index is -0.299. The predicted octanol–water partition coefficient (Wildman–Crippen LogP) is 3.94. The largest absolute Gasteiger partial charge is 0.378 e. The Labute approximate surface area is 157 Å². The first-order chi connectivity index (χ1) is 13.3. The Hall–Kier alpha value is -3.19. The first-order valence-electron chi connectivity index (χ1n) is 8.81. The van der Waals surface area contributed by atoms with Crippen LogP contribution in [0.3, 0.4) is 0 Å². The van der Waals surface area contributed by atoms with E-state index in [9.17, 15) is 4.39 Å². The van der Waals surface area contributed by atoms with Crippen LogP contribution < -0.4 is 15.5 Å². The van der Waals surface area contributed by atoms with Crippen molar-refractivity contribution in [3.05, 3.63) is 66.7 Å². The Morgan fingerprint density at radius 1 is 0.889 bits per heavy atom. The lowest BCUT2D eigenvalue weighted by Crippen LogP contribution is -2.36. The fourth-order valence-electron chi connectivity index (χ4n) is 3.01. The van der Waals surface area contributed by atoms with Crippen molar-refractivity contribution in [3.63, 3.8) is 0 Å². The number of aromatic nitrogens is 2. The van der Waals surface area contributed by atoms with E-state index in [1.54, 1.807) is 18.2 Å². The maximum Gasteiger partial charge on any atom is 0.135 e. The van der Waals surface area contributed by atoms with Crippen molar-refractivity contribution in [2.24, 2.45) is 0 Å². The Bertz CT molecular complexity index is 914. The molecule has 6 nitrogen and oxygen atoms in total. The molecule has 27 heavy (non-hydrogen) atoms. The summed E-state index contributed by atoms with van der Waals surface area (Å²) in [5, 5.41) is 6.45. The van der Waals surface area contributed by atoms with Crippen molar-refractivity contribution in [1.29, 1.82) is 0 Å². The molecule has 2 aromatic carbocycles. The summed E-state index contributed by atoms with van der Waals surface area (Å²) in [6.45, 7) is 3.16. The van der Waals surface area contributed by atoms with Crippen molar-refractivity contribution in [2.45, 2.75) is 0 Å². The van der Waals surface area contributed by atoms with Crippen LogP contribution >= 0.6 is 0 Å². The molecule has 1 aliphatic heterocycles. The predicted molar refractivity (Wildman–Crippen MR) is 104 cm³/mol. The summed E-state index contributed by atoms with van der Waals surface area (Å²) in [6, 6.07) is 16.2. The van der Waals surface area contributed by atoms with Crippen LogP contribution in [0.4, 0.5) is 33.1 Å². The van der Waals surface area contributed by atoms with Crippen molar-refractivity contribution >= 4 is 28.7 Å². The van der Waals surface area contributed by atoms with E-state index in [-0.39, 0.29) is 5.82 Å². The second kappa shape index (κ2) is 8.01. The summed E-state index contributed by atoms with van der Waals surface area (Å²) in [5.74, 6) is 0.943. The molecular formula is C20H20FN5O. The molecule has 3 aromatic rings. The molecular weight excluding hydrogens is 345 g/mol. The van der Waals surface area contributed by atoms with Crippen LogP contribution in [0.1, 0.15) is 0 Å². The van der Waals surface area contributed by atoms with Crippen LogP contribution in [-0.2, 0) is 4.74 Å². The third-order valence-corrected chi connectivity index (χ3v) is 4.28. The van der Waals surface area contributed by atoms with E-state index in [0.29, 0.717) is 17.3 Å². The van der Waals surface area contributed by atoms with Crippen LogP contribution in [0.25, 0.3) is 0 Å². The van der Waals surface area contributed by atoms with Gasteiger partial charge in [0.15, 0.2) is 0 Å². The van der Waals surface area contributed by atoms with Gasteiger partial charge in [0.1, 0.15) is 23.8 Å². The number of morpholine rings is 1. The molecule has 1 aliphatic rings. The first-order valence-corrected chi connectivity index (χ1v) is 8.81. The van der Waals surface area contributed by atoms with E-state index in [2.05, 4.69) is 31.6 Å². The molecule has 0 spiro atoms. The Kier molecular flexibility index (Phi) is 5.11. The highest BCUT2D eigenvalue weighted by atomic mass is 19.1. The molecule has 1 saturated heterocycles. The summed E-state index contributed by atoms with van der Waals surface area (Å²) in [7, 11) is 0. The van der Waals surface area contributed by atoms with Crippen molar-refractivity contribution in [2.75, 3.05) is 41.8 Å². The van der Waals surface area contributed by atoms with Gasteiger partial charge in [-0.15, -0.1) is 0 Å². The van der Waals surface area contributed by atoms with Crippen molar-refractivity contribution < 1.29 is 9.13 Å². The van der Waals surface area contributed by atoms with Gasteiger partial charge in [-0.25, -0.2) is 14.4 Å². The molecule has 0 radical (unpaired) electrons. The van der Waals surface area contributed by atoms with Gasteiger partial charge in [-0.2, -0.15) is 0 Å². The summed E-state index contributed by atoms with van der Waals surface area (Å²) < 4.78 is 18.8. The van der Waals surface area contributed by atoms with Crippen molar-refractivity contribution in [1.82, 2.24) is 9.97 Å². The number of benzene rings is 2. The molecule has 0 saturated carbocycles. The summed E-state index contributed by atoms with van der Waals surface area (Å²) in [6.07, 6.45) is 1.47. The molecule has 0 bridgehead atoms. The highest BCUT2D eigenvalue weighted by Crippen LogP contribution is 2.29. The lowest BCUT2D eigenvalue weighted by molar-refractivity contribution is 0.123. The van der Waals surface area contributed by atoms with E-state index in [1.165, 1.54) is 18.5 Å². The maximum absolute atomic E-state index is 13.4. The zero-order valence-electron chi connectivity index (χ0n) is 14.7. The number of anilines is 5. The molecule has 1 aromatic heterocycles. The van der Waals surface area contributed by atoms with E-state index >= 15 is 0 Å². The van der Waals surface area contributed by atoms with E-state index < -0.39 is 0 Å². The molecule has 0 aliphatic carbocycles. The molecule has 0 atom stereocenters. The average molecular weight is 365 g/mol. The summed E-state index contributed by atoms with van der Waals surface area (Å²) in [4.78, 5) is 10.8. The minimum absolute atomic E-state index is 0.299. The molecule has 7 heteroatoms. The highest BCUT2D eigenvalue weighted by Gasteiger charge is 2.14. The number of hydrogen-bond acceptors (Lipinski definition) is 6. The number of rotatable bonds is 5. The van der Waals surface area contributed by atoms with Crippen LogP contribution in [0.2, 0.25) is 0 Å². The lowest BCUT2D eigenvalue weighted by atomic mass is 10.2. The fraction of sp³-hybridized carbons (Fsp3) is 0.200. The Morgan fingerprint density at radius 2 is 1.67 bits per heavy atom. The molecule has 0 amide bonds. The summed E-state index contributed by atoms with van der Waals surface area (Å²) in [5.41, 5.74) is 2.71. The number of ether oxygens (including phenoxy) is 1. The molecule has 2 N–H and O–H groups in total. The van der Waals surface area contributed by atoms with E-state index in [1.807, 2.05) is 18.2 Å². The number of hydrogen-bond donors (Lipinski definition) is 2. The highest BCUT2D eigenvalue weighted by molar-refractivity contribution is 5.75. The molecule has 2 heterocycles. The van der Waals surface area contributed by atoms with Gasteiger partial charge in [0.25, 0.3) is 0 Å². The van der Waals surface area contributed by atoms with Crippen LogP contribution in [0, 0.1) is 5.82 Å². The van der Waals surface area contributed by atoms with E-state index in [4.69, 9.17) is 4.74 Å². The Morgan fingerprint density at radius 3 is 2.48 bits per heavy atom. The van der Waals surface area contributed by atoms with E-state index in [0.717, 1.165) is 37.7 Å². The second-order valence-electron chi connectivity index (χ2n) is 6.17. The standard InChI is InChI=1S/C20H20FN5O/c21-15-4-3-5-16(12-15)24-19-13-20(23-14-22-19)25-17-6-1-2-7-18(17)26-8-10-27-11-9-26/h1-7,12-14H,8-11H2,(H2,22,23,24,25). The van der Waals surface area contributed by atoms with Crippen LogP contribution in [0.5, 0.6) is 0 Å². The van der Waals surface area contributed by atoms with Crippen molar-refractivity contribution in [3.8, 4) is 0 Å². The normalized spacial score (nSPS) is 14.0.